The molecule has 1 nitrogen and oxygen atoms in total. The van der Waals surface area contributed by atoms with E-state index in [9.17, 15) is 0 Å². The SMILES string of the molecule is [Na+].c1ccc([C-](c2ccccc2)c2ccncc2)cc1. The van der Waals surface area contributed by atoms with Crippen molar-refractivity contribution in [3.8, 4) is 0 Å². The van der Waals surface area contributed by atoms with Crippen molar-refractivity contribution in [3.05, 3.63) is 108 Å². The van der Waals surface area contributed by atoms with E-state index in [1.54, 1.807) is 0 Å². The number of rotatable bonds is 3. The minimum absolute atomic E-state index is 0. The fourth-order valence-corrected chi connectivity index (χ4v) is 2.23. The molecule has 0 aliphatic carbocycles. The maximum atomic E-state index is 4.10. The standard InChI is InChI=1S/C18H14N.Na/c1-3-7-15(8-4-1)18(16-9-5-2-6-10-16)17-11-13-19-14-12-17;/h1-14H;/q-1;+1. The summed E-state index contributed by atoms with van der Waals surface area (Å²) in [7, 11) is 0. The van der Waals surface area contributed by atoms with Gasteiger partial charge in [0.1, 0.15) is 0 Å². The van der Waals surface area contributed by atoms with Gasteiger partial charge in [-0.3, -0.25) is 4.98 Å². The summed E-state index contributed by atoms with van der Waals surface area (Å²) in [4.78, 5) is 4.10. The van der Waals surface area contributed by atoms with E-state index in [1.807, 2.05) is 24.5 Å². The van der Waals surface area contributed by atoms with Gasteiger partial charge in [-0.25, -0.2) is 0 Å². The third-order valence-electron chi connectivity index (χ3n) is 3.09. The molecule has 0 N–H and O–H groups in total. The van der Waals surface area contributed by atoms with Gasteiger partial charge in [0, 0.05) is 12.4 Å². The summed E-state index contributed by atoms with van der Waals surface area (Å²) in [6.07, 6.45) is 3.67. The molecule has 0 bridgehead atoms. The largest absolute Gasteiger partial charge is 1.00 e. The van der Waals surface area contributed by atoms with Gasteiger partial charge in [-0.15, -0.1) is 0 Å². The van der Waals surface area contributed by atoms with Crippen LogP contribution in [0.2, 0.25) is 0 Å². The summed E-state index contributed by atoms with van der Waals surface area (Å²) < 4.78 is 0. The first kappa shape index (κ1) is 14.9. The third kappa shape index (κ3) is 3.31. The van der Waals surface area contributed by atoms with Crippen LogP contribution in [0.3, 0.4) is 0 Å². The minimum atomic E-state index is 0. The second kappa shape index (κ2) is 7.30. The molecule has 0 atom stereocenters. The van der Waals surface area contributed by atoms with Crippen LogP contribution in [0.25, 0.3) is 0 Å². The minimum Gasteiger partial charge on any atom is -0.276 e. The maximum absolute atomic E-state index is 4.10. The molecule has 1 heterocycles. The molecule has 0 spiro atoms. The predicted molar refractivity (Wildman–Crippen MR) is 77.7 cm³/mol. The first-order valence-electron chi connectivity index (χ1n) is 6.33. The second-order valence-corrected chi connectivity index (χ2v) is 4.34. The number of nitrogens with zero attached hydrogens (tertiary/aromatic N) is 1. The van der Waals surface area contributed by atoms with Crippen LogP contribution in [0.15, 0.2) is 85.2 Å². The van der Waals surface area contributed by atoms with Gasteiger partial charge in [0.05, 0.1) is 0 Å². The fraction of sp³-hybridized carbons (Fsp3) is 0. The van der Waals surface area contributed by atoms with E-state index < -0.39 is 0 Å². The molecule has 1 aromatic heterocycles. The summed E-state index contributed by atoms with van der Waals surface area (Å²) in [6.45, 7) is 0. The van der Waals surface area contributed by atoms with Gasteiger partial charge in [0.25, 0.3) is 0 Å². The molecule has 0 amide bonds. The molecule has 0 saturated carbocycles. The van der Waals surface area contributed by atoms with Gasteiger partial charge < -0.3 is 0 Å². The molecule has 0 aliphatic heterocycles. The average Bonchev–Trinajstić information content (AvgIpc) is 2.51. The van der Waals surface area contributed by atoms with Crippen molar-refractivity contribution < 1.29 is 29.6 Å². The van der Waals surface area contributed by atoms with Crippen LogP contribution in [0.1, 0.15) is 16.7 Å². The molecule has 2 heteroatoms. The van der Waals surface area contributed by atoms with E-state index in [0.717, 1.165) is 0 Å². The Morgan fingerprint density at radius 3 is 1.40 bits per heavy atom. The number of aromatic nitrogens is 1. The summed E-state index contributed by atoms with van der Waals surface area (Å²) in [5.41, 5.74) is 3.63. The van der Waals surface area contributed by atoms with Crippen molar-refractivity contribution in [2.24, 2.45) is 0 Å². The fourth-order valence-electron chi connectivity index (χ4n) is 2.23. The first-order chi connectivity index (χ1) is 9.45. The Morgan fingerprint density at radius 1 is 0.550 bits per heavy atom. The van der Waals surface area contributed by atoms with E-state index in [0.29, 0.717) is 0 Å². The molecule has 20 heavy (non-hydrogen) atoms. The van der Waals surface area contributed by atoms with Gasteiger partial charge in [0.2, 0.25) is 0 Å². The van der Waals surface area contributed by atoms with Crippen LogP contribution in [-0.2, 0) is 0 Å². The van der Waals surface area contributed by atoms with Crippen molar-refractivity contribution in [2.45, 2.75) is 0 Å². The monoisotopic (exact) mass is 267 g/mol. The van der Waals surface area contributed by atoms with Crippen molar-refractivity contribution in [1.82, 2.24) is 4.98 Å². The number of benzene rings is 2. The predicted octanol–water partition coefficient (Wildman–Crippen LogP) is 1.10. The number of pyridine rings is 1. The Kier molecular flexibility index (Phi) is 5.42. The van der Waals surface area contributed by atoms with Crippen LogP contribution in [0.5, 0.6) is 0 Å². The van der Waals surface area contributed by atoms with E-state index >= 15 is 0 Å². The van der Waals surface area contributed by atoms with Crippen molar-refractivity contribution in [1.29, 1.82) is 0 Å². The molecular weight excluding hydrogens is 253 g/mol. The van der Waals surface area contributed by atoms with Crippen molar-refractivity contribution >= 4 is 0 Å². The van der Waals surface area contributed by atoms with Gasteiger partial charge >= 0.3 is 29.6 Å². The molecule has 0 unspecified atom stereocenters. The topological polar surface area (TPSA) is 12.9 Å². The summed E-state index contributed by atoms with van der Waals surface area (Å²) >= 11 is 0. The Labute approximate surface area is 142 Å². The van der Waals surface area contributed by atoms with Crippen LogP contribution in [0.4, 0.5) is 0 Å². The molecule has 0 saturated heterocycles. The molecule has 3 aromatic rings. The zero-order valence-corrected chi connectivity index (χ0v) is 13.5. The van der Waals surface area contributed by atoms with Crippen molar-refractivity contribution in [2.75, 3.05) is 0 Å². The second-order valence-electron chi connectivity index (χ2n) is 4.34. The third-order valence-corrected chi connectivity index (χ3v) is 3.09. The molecule has 2 aromatic carbocycles. The van der Waals surface area contributed by atoms with Gasteiger partial charge in [-0.1, -0.05) is 95.4 Å². The van der Waals surface area contributed by atoms with E-state index in [-0.39, 0.29) is 29.6 Å². The van der Waals surface area contributed by atoms with Gasteiger partial charge in [-0.05, 0) is 0 Å². The number of hydrogen-bond acceptors (Lipinski definition) is 1. The molecular formula is C18H14NNa. The first-order valence-corrected chi connectivity index (χ1v) is 6.33. The van der Waals surface area contributed by atoms with Crippen LogP contribution in [0, 0.1) is 5.92 Å². The normalized spacial score (nSPS) is 9.60. The number of hydrogen-bond donors (Lipinski definition) is 0. The maximum Gasteiger partial charge on any atom is 1.00 e. The van der Waals surface area contributed by atoms with E-state index in [1.165, 1.54) is 22.6 Å². The zero-order chi connectivity index (χ0) is 12.9. The molecule has 92 valence electrons. The zero-order valence-electron chi connectivity index (χ0n) is 11.5. The molecule has 0 fully saturated rings. The van der Waals surface area contributed by atoms with E-state index in [2.05, 4.69) is 65.6 Å². The Balaban J connectivity index is 0.00000147. The molecule has 0 aliphatic rings. The average molecular weight is 267 g/mol. The summed E-state index contributed by atoms with van der Waals surface area (Å²) in [6, 6.07) is 25.0. The van der Waals surface area contributed by atoms with Gasteiger partial charge in [0.15, 0.2) is 0 Å². The Bertz CT molecular complexity index is 529. The Hall–Kier alpha value is -1.54. The van der Waals surface area contributed by atoms with Crippen LogP contribution < -0.4 is 29.6 Å². The molecule has 3 rings (SSSR count). The van der Waals surface area contributed by atoms with Crippen LogP contribution in [-0.4, -0.2) is 4.98 Å². The summed E-state index contributed by atoms with van der Waals surface area (Å²) in [5.74, 6) is 1.24. The summed E-state index contributed by atoms with van der Waals surface area (Å²) in [5, 5.41) is 0. The quantitative estimate of drug-likeness (QED) is 0.511. The smallest absolute Gasteiger partial charge is 0.276 e. The van der Waals surface area contributed by atoms with Crippen molar-refractivity contribution in [3.63, 3.8) is 0 Å². The van der Waals surface area contributed by atoms with Crippen LogP contribution >= 0.6 is 0 Å². The Morgan fingerprint density at radius 2 is 0.950 bits per heavy atom. The molecule has 0 radical (unpaired) electrons. The van der Waals surface area contributed by atoms with Gasteiger partial charge in [-0.2, -0.15) is 0 Å². The van der Waals surface area contributed by atoms with E-state index in [4.69, 9.17) is 0 Å².